The first kappa shape index (κ1) is 12.6. The summed E-state index contributed by atoms with van der Waals surface area (Å²) in [6.07, 6.45) is 3.33. The number of halogens is 3. The molecule has 98 valence electrons. The Balaban J connectivity index is 2.45. The quantitative estimate of drug-likeness (QED) is 0.796. The molecule has 6 heteroatoms. The minimum absolute atomic E-state index is 0.0498. The number of carbonyl (C=O) groups excluding carboxylic acids is 1. The maximum absolute atomic E-state index is 13.5. The average molecular weight is 300 g/mol. The van der Waals surface area contributed by atoms with Crippen LogP contribution in [0, 0.1) is 5.82 Å². The lowest BCUT2D eigenvalue weighted by Crippen LogP contribution is -2.16. The number of hydrogen-bond donors (Lipinski definition) is 0. The number of fused-ring (bicyclic) bond motifs is 1. The molecule has 0 atom stereocenters. The smallest absolute Gasteiger partial charge is 0.257 e. The lowest BCUT2D eigenvalue weighted by molar-refractivity contribution is 0.108. The van der Waals surface area contributed by atoms with Crippen LogP contribution in [0.3, 0.4) is 0 Å². The maximum Gasteiger partial charge on any atom is 0.257 e. The van der Waals surface area contributed by atoms with E-state index in [0.29, 0.717) is 5.52 Å². The van der Waals surface area contributed by atoms with Crippen molar-refractivity contribution in [3.63, 3.8) is 0 Å². The highest BCUT2D eigenvalue weighted by molar-refractivity contribution is 6.67. The van der Waals surface area contributed by atoms with Crippen LogP contribution >= 0.6 is 23.2 Å². The number of nitrogens with zero attached hydrogens (tertiary/aromatic N) is 1. The van der Waals surface area contributed by atoms with Gasteiger partial charge in [-0.15, -0.1) is 0 Å². The summed E-state index contributed by atoms with van der Waals surface area (Å²) in [6.45, 7) is 0. The SMILES string of the molecule is O=C(Cl)c1cn(C2CC2)c2cc(Cl)c(F)cc2c1=O. The summed E-state index contributed by atoms with van der Waals surface area (Å²) >= 11 is 11.2. The number of pyridine rings is 1. The van der Waals surface area contributed by atoms with Gasteiger partial charge in [0.2, 0.25) is 5.43 Å². The van der Waals surface area contributed by atoms with Gasteiger partial charge in [0.1, 0.15) is 5.82 Å². The standard InChI is InChI=1S/C13H8Cl2FNO2/c14-9-4-11-7(3-10(9)16)12(18)8(13(15)19)5-17(11)6-1-2-6/h3-6H,1-2H2. The second-order valence-electron chi connectivity index (χ2n) is 4.57. The van der Waals surface area contributed by atoms with Gasteiger partial charge in [0.05, 0.1) is 16.1 Å². The Hall–Kier alpha value is -1.39. The largest absolute Gasteiger partial charge is 0.343 e. The minimum atomic E-state index is -0.836. The van der Waals surface area contributed by atoms with E-state index in [1.807, 2.05) is 0 Å². The molecule has 0 radical (unpaired) electrons. The number of rotatable bonds is 2. The third kappa shape index (κ3) is 2.05. The first-order valence-electron chi connectivity index (χ1n) is 5.73. The number of aromatic nitrogens is 1. The topological polar surface area (TPSA) is 39.1 Å². The van der Waals surface area contributed by atoms with Gasteiger partial charge in [-0.3, -0.25) is 9.59 Å². The molecule has 2 aromatic rings. The lowest BCUT2D eigenvalue weighted by Gasteiger charge is -2.12. The zero-order valence-electron chi connectivity index (χ0n) is 9.62. The van der Waals surface area contributed by atoms with Gasteiger partial charge in [-0.25, -0.2) is 4.39 Å². The third-order valence-electron chi connectivity index (χ3n) is 3.23. The van der Waals surface area contributed by atoms with Gasteiger partial charge in [-0.2, -0.15) is 0 Å². The van der Waals surface area contributed by atoms with Gasteiger partial charge in [0, 0.05) is 17.6 Å². The molecule has 1 aromatic heterocycles. The summed E-state index contributed by atoms with van der Waals surface area (Å²) < 4.78 is 15.3. The molecule has 1 aliphatic carbocycles. The average Bonchev–Trinajstić information content (AvgIpc) is 3.16. The highest BCUT2D eigenvalue weighted by Crippen LogP contribution is 2.37. The summed E-state index contributed by atoms with van der Waals surface area (Å²) in [4.78, 5) is 23.4. The van der Waals surface area contributed by atoms with E-state index in [0.717, 1.165) is 18.9 Å². The number of carbonyl (C=O) groups is 1. The van der Waals surface area contributed by atoms with Crippen molar-refractivity contribution in [2.75, 3.05) is 0 Å². The van der Waals surface area contributed by atoms with Gasteiger partial charge in [-0.1, -0.05) is 11.6 Å². The first-order chi connectivity index (χ1) is 8.99. The van der Waals surface area contributed by atoms with Crippen LogP contribution in [0.25, 0.3) is 10.9 Å². The summed E-state index contributed by atoms with van der Waals surface area (Å²) in [5, 5.41) is -0.761. The van der Waals surface area contributed by atoms with Gasteiger partial charge in [-0.05, 0) is 36.6 Å². The Morgan fingerprint density at radius 2 is 2.05 bits per heavy atom. The second kappa shape index (κ2) is 4.32. The van der Waals surface area contributed by atoms with Crippen LogP contribution in [0.15, 0.2) is 23.1 Å². The van der Waals surface area contributed by atoms with Crippen molar-refractivity contribution in [2.45, 2.75) is 18.9 Å². The van der Waals surface area contributed by atoms with Crippen molar-refractivity contribution in [2.24, 2.45) is 0 Å². The molecular formula is C13H8Cl2FNO2. The molecule has 1 saturated carbocycles. The van der Waals surface area contributed by atoms with E-state index in [2.05, 4.69) is 0 Å². The Labute approximate surface area is 117 Å². The van der Waals surface area contributed by atoms with Gasteiger partial charge in [0.25, 0.3) is 5.24 Å². The van der Waals surface area contributed by atoms with E-state index in [9.17, 15) is 14.0 Å². The summed E-state index contributed by atoms with van der Waals surface area (Å²) in [5.41, 5.74) is -0.175. The molecule has 3 nitrogen and oxygen atoms in total. The molecule has 0 spiro atoms. The molecule has 0 aliphatic heterocycles. The summed E-state index contributed by atoms with van der Waals surface area (Å²) in [7, 11) is 0. The van der Waals surface area contributed by atoms with Gasteiger partial charge < -0.3 is 4.57 Å². The van der Waals surface area contributed by atoms with Gasteiger partial charge in [0.15, 0.2) is 0 Å². The van der Waals surface area contributed by atoms with Crippen LogP contribution < -0.4 is 5.43 Å². The Kier molecular flexibility index (Phi) is 2.87. The molecule has 0 N–H and O–H groups in total. The summed E-state index contributed by atoms with van der Waals surface area (Å²) in [5.74, 6) is -0.687. The van der Waals surface area contributed by atoms with Crippen molar-refractivity contribution in [3.8, 4) is 0 Å². The molecule has 1 fully saturated rings. The fraction of sp³-hybridized carbons (Fsp3) is 0.231. The van der Waals surface area contributed by atoms with Crippen LogP contribution in [0.1, 0.15) is 29.2 Å². The Morgan fingerprint density at radius 3 is 2.63 bits per heavy atom. The predicted molar refractivity (Wildman–Crippen MR) is 71.6 cm³/mol. The summed E-state index contributed by atoms with van der Waals surface area (Å²) in [6, 6.07) is 2.68. The van der Waals surface area contributed by atoms with Crippen molar-refractivity contribution in [1.82, 2.24) is 4.57 Å². The van der Waals surface area contributed by atoms with E-state index in [4.69, 9.17) is 23.2 Å². The van der Waals surface area contributed by atoms with Crippen LogP contribution in [-0.2, 0) is 0 Å². The highest BCUT2D eigenvalue weighted by Gasteiger charge is 2.26. The van der Waals surface area contributed by atoms with E-state index >= 15 is 0 Å². The normalized spacial score (nSPS) is 14.9. The lowest BCUT2D eigenvalue weighted by atomic mass is 10.1. The molecule has 0 amide bonds. The van der Waals surface area contributed by atoms with E-state index < -0.39 is 16.5 Å². The van der Waals surface area contributed by atoms with Crippen molar-refractivity contribution < 1.29 is 9.18 Å². The number of benzene rings is 1. The molecule has 0 unspecified atom stereocenters. The zero-order valence-corrected chi connectivity index (χ0v) is 11.1. The predicted octanol–water partition coefficient (Wildman–Crippen LogP) is 3.51. The molecule has 1 aliphatic rings. The fourth-order valence-corrected chi connectivity index (χ4v) is 2.43. The van der Waals surface area contributed by atoms with Crippen molar-refractivity contribution in [3.05, 3.63) is 45.0 Å². The molecule has 1 aromatic carbocycles. The molecule has 1 heterocycles. The Morgan fingerprint density at radius 1 is 1.37 bits per heavy atom. The molecule has 0 bridgehead atoms. The molecule has 3 rings (SSSR count). The van der Waals surface area contributed by atoms with E-state index in [-0.39, 0.29) is 22.0 Å². The van der Waals surface area contributed by atoms with E-state index in [1.54, 1.807) is 4.57 Å². The van der Waals surface area contributed by atoms with Crippen LogP contribution in [0.2, 0.25) is 5.02 Å². The van der Waals surface area contributed by atoms with Crippen LogP contribution in [0.5, 0.6) is 0 Å². The molecule has 0 saturated heterocycles. The second-order valence-corrected chi connectivity index (χ2v) is 5.32. The van der Waals surface area contributed by atoms with Crippen molar-refractivity contribution >= 4 is 39.3 Å². The molecular weight excluding hydrogens is 292 g/mol. The zero-order chi connectivity index (χ0) is 13.7. The highest BCUT2D eigenvalue weighted by atomic mass is 35.5. The third-order valence-corrected chi connectivity index (χ3v) is 3.72. The van der Waals surface area contributed by atoms with Gasteiger partial charge >= 0.3 is 0 Å². The fourth-order valence-electron chi connectivity index (χ4n) is 2.14. The van der Waals surface area contributed by atoms with E-state index in [1.165, 1.54) is 12.3 Å². The first-order valence-corrected chi connectivity index (χ1v) is 6.48. The number of hydrogen-bond acceptors (Lipinski definition) is 2. The maximum atomic E-state index is 13.5. The minimum Gasteiger partial charge on any atom is -0.343 e. The van der Waals surface area contributed by atoms with Crippen molar-refractivity contribution in [1.29, 1.82) is 0 Å². The monoisotopic (exact) mass is 299 g/mol. The Bertz CT molecular complexity index is 765. The van der Waals surface area contributed by atoms with Crippen LogP contribution in [0.4, 0.5) is 4.39 Å². The molecule has 19 heavy (non-hydrogen) atoms. The van der Waals surface area contributed by atoms with Crippen LogP contribution in [-0.4, -0.2) is 9.81 Å².